The Morgan fingerprint density at radius 2 is 1.60 bits per heavy atom. The summed E-state index contributed by atoms with van der Waals surface area (Å²) in [5, 5.41) is 12.0. The molecule has 0 bridgehead atoms. The van der Waals surface area contributed by atoms with E-state index in [1.807, 2.05) is 41.3 Å². The number of halogens is 1. The van der Waals surface area contributed by atoms with Crippen LogP contribution in [0.4, 0.5) is 5.82 Å². The van der Waals surface area contributed by atoms with Crippen molar-refractivity contribution in [1.82, 2.24) is 15.1 Å². The SMILES string of the molecule is NC1(C(=O)N2CCN(c3nnc(-c4ccc(Cl)cc4)c4ccccc34)CC2)CCC1. The number of nitrogens with zero attached hydrogens (tertiary/aromatic N) is 4. The number of benzene rings is 2. The number of nitrogens with two attached hydrogens (primary N) is 1. The van der Waals surface area contributed by atoms with Crippen LogP contribution in [0.15, 0.2) is 48.5 Å². The van der Waals surface area contributed by atoms with E-state index >= 15 is 0 Å². The molecule has 2 fully saturated rings. The summed E-state index contributed by atoms with van der Waals surface area (Å²) in [4.78, 5) is 16.9. The molecule has 0 spiro atoms. The van der Waals surface area contributed by atoms with Gasteiger partial charge in [0.05, 0.1) is 5.54 Å². The smallest absolute Gasteiger partial charge is 0.242 e. The molecule has 0 atom stereocenters. The van der Waals surface area contributed by atoms with Gasteiger partial charge in [-0.05, 0) is 31.4 Å². The molecular weight excluding hydrogens is 398 g/mol. The quantitative estimate of drug-likeness (QED) is 0.700. The first-order chi connectivity index (χ1) is 14.5. The van der Waals surface area contributed by atoms with Gasteiger partial charge in [-0.15, -0.1) is 10.2 Å². The number of rotatable bonds is 3. The minimum atomic E-state index is -0.630. The first-order valence-electron chi connectivity index (χ1n) is 10.4. The van der Waals surface area contributed by atoms with Gasteiger partial charge in [-0.1, -0.05) is 48.0 Å². The van der Waals surface area contributed by atoms with E-state index in [9.17, 15) is 4.79 Å². The number of amides is 1. The molecule has 0 radical (unpaired) electrons. The molecule has 30 heavy (non-hydrogen) atoms. The van der Waals surface area contributed by atoms with Gasteiger partial charge in [0.2, 0.25) is 5.91 Å². The highest BCUT2D eigenvalue weighted by molar-refractivity contribution is 6.30. The van der Waals surface area contributed by atoms with Crippen LogP contribution >= 0.6 is 11.6 Å². The first-order valence-corrected chi connectivity index (χ1v) is 10.8. The summed E-state index contributed by atoms with van der Waals surface area (Å²) in [5.74, 6) is 0.962. The highest BCUT2D eigenvalue weighted by Gasteiger charge is 2.43. The van der Waals surface area contributed by atoms with Crippen molar-refractivity contribution in [2.75, 3.05) is 31.1 Å². The summed E-state index contributed by atoms with van der Waals surface area (Å²) in [7, 11) is 0. The Bertz CT molecular complexity index is 1090. The second-order valence-electron chi connectivity index (χ2n) is 8.21. The molecule has 1 amide bonds. The molecule has 1 saturated heterocycles. The molecule has 2 aliphatic rings. The lowest BCUT2D eigenvalue weighted by molar-refractivity contribution is -0.140. The Morgan fingerprint density at radius 1 is 0.933 bits per heavy atom. The van der Waals surface area contributed by atoms with E-state index in [1.54, 1.807) is 0 Å². The Morgan fingerprint density at radius 3 is 2.23 bits per heavy atom. The van der Waals surface area contributed by atoms with Crippen molar-refractivity contribution in [3.8, 4) is 11.3 Å². The number of carbonyl (C=O) groups is 1. The maximum absolute atomic E-state index is 12.7. The van der Waals surface area contributed by atoms with Gasteiger partial charge in [0.1, 0.15) is 5.69 Å². The van der Waals surface area contributed by atoms with E-state index in [1.165, 1.54) is 0 Å². The second kappa shape index (κ2) is 7.52. The lowest BCUT2D eigenvalue weighted by Crippen LogP contribution is -2.62. The third-order valence-corrected chi connectivity index (χ3v) is 6.58. The molecule has 6 nitrogen and oxygen atoms in total. The minimum absolute atomic E-state index is 0.0995. The summed E-state index contributed by atoms with van der Waals surface area (Å²) in [6.07, 6.45) is 2.65. The standard InChI is InChI=1S/C23H24ClN5O/c24-17-8-6-16(7-9-17)20-18-4-1-2-5-19(18)21(27-26-20)28-12-14-29(15-13-28)22(30)23(25)10-3-11-23/h1-2,4-9H,3,10-15,25H2. The molecule has 5 rings (SSSR count). The normalized spacial score (nSPS) is 18.3. The zero-order chi connectivity index (χ0) is 20.7. The maximum atomic E-state index is 12.7. The fourth-order valence-corrected chi connectivity index (χ4v) is 4.48. The molecule has 1 aliphatic heterocycles. The highest BCUT2D eigenvalue weighted by atomic mass is 35.5. The predicted octanol–water partition coefficient (Wildman–Crippen LogP) is 3.48. The minimum Gasteiger partial charge on any atom is -0.351 e. The van der Waals surface area contributed by atoms with E-state index in [2.05, 4.69) is 27.2 Å². The van der Waals surface area contributed by atoms with Gasteiger partial charge in [-0.3, -0.25) is 4.79 Å². The van der Waals surface area contributed by atoms with Gasteiger partial charge in [0.15, 0.2) is 5.82 Å². The highest BCUT2D eigenvalue weighted by Crippen LogP contribution is 2.34. The van der Waals surface area contributed by atoms with E-state index in [0.717, 1.165) is 60.2 Å². The van der Waals surface area contributed by atoms with Crippen molar-refractivity contribution in [1.29, 1.82) is 0 Å². The number of hydrogen-bond acceptors (Lipinski definition) is 5. The monoisotopic (exact) mass is 421 g/mol. The van der Waals surface area contributed by atoms with E-state index in [-0.39, 0.29) is 5.91 Å². The number of aromatic nitrogens is 2. The van der Waals surface area contributed by atoms with Crippen LogP contribution in [0.25, 0.3) is 22.0 Å². The summed E-state index contributed by atoms with van der Waals surface area (Å²) in [6, 6.07) is 15.9. The summed E-state index contributed by atoms with van der Waals surface area (Å²) in [5.41, 5.74) is 7.44. The summed E-state index contributed by atoms with van der Waals surface area (Å²) in [6.45, 7) is 2.76. The van der Waals surface area contributed by atoms with Crippen molar-refractivity contribution in [3.05, 3.63) is 53.6 Å². The van der Waals surface area contributed by atoms with E-state index in [4.69, 9.17) is 17.3 Å². The fourth-order valence-electron chi connectivity index (χ4n) is 4.35. The van der Waals surface area contributed by atoms with E-state index < -0.39 is 5.54 Å². The second-order valence-corrected chi connectivity index (χ2v) is 8.65. The van der Waals surface area contributed by atoms with Gasteiger partial charge >= 0.3 is 0 Å². The van der Waals surface area contributed by atoms with Crippen molar-refractivity contribution < 1.29 is 4.79 Å². The van der Waals surface area contributed by atoms with Crippen molar-refractivity contribution >= 4 is 34.1 Å². The molecule has 3 aromatic rings. The Labute approximate surface area is 180 Å². The fraction of sp³-hybridized carbons (Fsp3) is 0.348. The number of anilines is 1. The molecular formula is C23H24ClN5O. The molecule has 154 valence electrons. The maximum Gasteiger partial charge on any atom is 0.242 e. The van der Waals surface area contributed by atoms with Gasteiger partial charge < -0.3 is 15.5 Å². The average Bonchev–Trinajstić information content (AvgIpc) is 2.77. The van der Waals surface area contributed by atoms with Crippen molar-refractivity contribution in [2.45, 2.75) is 24.8 Å². The van der Waals surface area contributed by atoms with E-state index in [0.29, 0.717) is 18.1 Å². The topological polar surface area (TPSA) is 75.4 Å². The van der Waals surface area contributed by atoms with Crippen LogP contribution < -0.4 is 10.6 Å². The molecule has 2 heterocycles. The summed E-state index contributed by atoms with van der Waals surface area (Å²) < 4.78 is 0. The van der Waals surface area contributed by atoms with Gasteiger partial charge in [0, 0.05) is 47.5 Å². The lowest BCUT2D eigenvalue weighted by atomic mass is 9.76. The third-order valence-electron chi connectivity index (χ3n) is 6.32. The Balaban J connectivity index is 1.41. The molecule has 1 saturated carbocycles. The van der Waals surface area contributed by atoms with Crippen LogP contribution in [0.5, 0.6) is 0 Å². The Kier molecular flexibility index (Phi) is 4.83. The average molecular weight is 422 g/mol. The third kappa shape index (κ3) is 3.30. The van der Waals surface area contributed by atoms with Crippen molar-refractivity contribution in [2.24, 2.45) is 5.73 Å². The van der Waals surface area contributed by atoms with Crippen LogP contribution in [-0.2, 0) is 4.79 Å². The molecule has 7 heteroatoms. The molecule has 1 aromatic heterocycles. The number of fused-ring (bicyclic) bond motifs is 1. The first kappa shape index (κ1) is 19.3. The Hall–Kier alpha value is -2.70. The zero-order valence-corrected chi connectivity index (χ0v) is 17.5. The van der Waals surface area contributed by atoms with Crippen LogP contribution in [-0.4, -0.2) is 52.7 Å². The number of hydrogen-bond donors (Lipinski definition) is 1. The predicted molar refractivity (Wildman–Crippen MR) is 120 cm³/mol. The van der Waals surface area contributed by atoms with Gasteiger partial charge in [-0.2, -0.15) is 0 Å². The number of piperazine rings is 1. The van der Waals surface area contributed by atoms with Crippen LogP contribution in [0, 0.1) is 0 Å². The number of carbonyl (C=O) groups excluding carboxylic acids is 1. The van der Waals surface area contributed by atoms with Crippen LogP contribution in [0.1, 0.15) is 19.3 Å². The lowest BCUT2D eigenvalue weighted by Gasteiger charge is -2.43. The molecule has 1 aliphatic carbocycles. The molecule has 0 unspecified atom stereocenters. The summed E-state index contributed by atoms with van der Waals surface area (Å²) >= 11 is 6.04. The zero-order valence-electron chi connectivity index (χ0n) is 16.7. The molecule has 2 aromatic carbocycles. The van der Waals surface area contributed by atoms with Gasteiger partial charge in [0.25, 0.3) is 0 Å². The van der Waals surface area contributed by atoms with Gasteiger partial charge in [-0.25, -0.2) is 0 Å². The molecule has 2 N–H and O–H groups in total. The largest absolute Gasteiger partial charge is 0.351 e. The van der Waals surface area contributed by atoms with Crippen LogP contribution in [0.2, 0.25) is 5.02 Å². The van der Waals surface area contributed by atoms with Crippen molar-refractivity contribution in [3.63, 3.8) is 0 Å². The van der Waals surface area contributed by atoms with Crippen LogP contribution in [0.3, 0.4) is 0 Å².